The average molecular weight is 584 g/mol. The summed E-state index contributed by atoms with van der Waals surface area (Å²) in [5.74, 6) is -2.52. The molecule has 0 spiro atoms. The Bertz CT molecular complexity index is 1040. The van der Waals surface area contributed by atoms with Gasteiger partial charge in [0.2, 0.25) is 0 Å². The Morgan fingerprint density at radius 1 is 0.756 bits per heavy atom. The summed E-state index contributed by atoms with van der Waals surface area (Å²) in [6, 6.07) is 4.13. The zero-order chi connectivity index (χ0) is 31.5. The zero-order valence-corrected chi connectivity index (χ0v) is 25.4. The Kier molecular flexibility index (Phi) is 13.9. The van der Waals surface area contributed by atoms with Gasteiger partial charge in [-0.1, -0.05) is 40.7 Å². The van der Waals surface area contributed by atoms with E-state index in [-0.39, 0.29) is 23.8 Å². The number of benzene rings is 1. The topological polar surface area (TPSA) is 170 Å². The van der Waals surface area contributed by atoms with Crippen molar-refractivity contribution >= 4 is 24.4 Å². The van der Waals surface area contributed by atoms with Crippen LogP contribution in [0.25, 0.3) is 0 Å². The lowest BCUT2D eigenvalue weighted by molar-refractivity contribution is -0.147. The Labute approximate surface area is 241 Å². The summed E-state index contributed by atoms with van der Waals surface area (Å²) >= 11 is 0. The molecule has 0 aliphatic rings. The Morgan fingerprint density at radius 2 is 1.24 bits per heavy atom. The predicted octanol–water partition coefficient (Wildman–Crippen LogP) is 5.86. The molecule has 12 nitrogen and oxygen atoms in total. The second-order valence-corrected chi connectivity index (χ2v) is 10.6. The van der Waals surface area contributed by atoms with Crippen molar-refractivity contribution in [2.45, 2.75) is 112 Å². The van der Waals surface area contributed by atoms with Gasteiger partial charge in [0.25, 0.3) is 0 Å². The van der Waals surface area contributed by atoms with Crippen molar-refractivity contribution in [3.8, 4) is 11.5 Å². The average Bonchev–Trinajstić information content (AvgIpc) is 2.88. The molecule has 1 aromatic carbocycles. The summed E-state index contributed by atoms with van der Waals surface area (Å²) in [7, 11) is 0. The van der Waals surface area contributed by atoms with Crippen molar-refractivity contribution in [2.24, 2.45) is 17.6 Å². The van der Waals surface area contributed by atoms with Gasteiger partial charge in [-0.3, -0.25) is 4.79 Å². The van der Waals surface area contributed by atoms with Gasteiger partial charge in [-0.15, -0.1) is 0 Å². The highest BCUT2D eigenvalue weighted by Crippen LogP contribution is 2.33. The molecule has 0 fully saturated rings. The van der Waals surface area contributed by atoms with E-state index >= 15 is 0 Å². The number of carboxylic acids is 1. The van der Waals surface area contributed by atoms with Crippen LogP contribution >= 0.6 is 0 Å². The minimum Gasteiger partial charge on any atom is -0.480 e. The molecule has 1 rings (SSSR count). The van der Waals surface area contributed by atoms with E-state index in [1.54, 1.807) is 27.7 Å². The maximum Gasteiger partial charge on any atom is 0.514 e. The highest BCUT2D eigenvalue weighted by molar-refractivity contribution is 5.80. The normalized spacial score (nSPS) is 16.3. The molecule has 3 N–H and O–H groups in total. The number of ether oxygens (including phenoxy) is 6. The lowest BCUT2D eigenvalue weighted by Gasteiger charge is -2.35. The molecule has 6 atom stereocenters. The fourth-order valence-corrected chi connectivity index (χ4v) is 3.31. The Balaban J connectivity index is 3.27. The molecular weight excluding hydrogens is 538 g/mol. The van der Waals surface area contributed by atoms with Crippen molar-refractivity contribution in [3.05, 3.63) is 23.8 Å². The standard InChI is InChI=1S/C29H45NO11/c1-10-17(5)36-26(33)40-23-13-12-22(14-24(23)41-27(34)37-18(6)11-2)15-29(30,25(31)32)19(7)21(9)39-28(35)38-20(8)16(3)4/h12-14,16-21H,10-11,15,30H2,1-9H3,(H,31,32)/t17?,18?,19-,20?,21+,29-/m1/s1. The Morgan fingerprint density at radius 3 is 1.71 bits per heavy atom. The van der Waals surface area contributed by atoms with E-state index in [0.29, 0.717) is 18.4 Å². The van der Waals surface area contributed by atoms with E-state index in [4.69, 9.17) is 34.2 Å². The first-order valence-electron chi connectivity index (χ1n) is 13.8. The third-order valence-electron chi connectivity index (χ3n) is 7.05. The number of aliphatic carboxylic acids is 1. The van der Waals surface area contributed by atoms with Crippen molar-refractivity contribution in [1.29, 1.82) is 0 Å². The molecule has 1 aromatic rings. The summed E-state index contributed by atoms with van der Waals surface area (Å²) in [4.78, 5) is 49.2. The summed E-state index contributed by atoms with van der Waals surface area (Å²) in [6.07, 6.45) is -4.33. The van der Waals surface area contributed by atoms with E-state index in [1.807, 2.05) is 27.7 Å². The summed E-state index contributed by atoms with van der Waals surface area (Å²) in [5, 5.41) is 10.1. The van der Waals surface area contributed by atoms with Gasteiger partial charge in [0.15, 0.2) is 11.5 Å². The summed E-state index contributed by atoms with van der Waals surface area (Å²) < 4.78 is 31.4. The van der Waals surface area contributed by atoms with Crippen molar-refractivity contribution < 1.29 is 52.7 Å². The van der Waals surface area contributed by atoms with Crippen LogP contribution in [0.15, 0.2) is 18.2 Å². The molecule has 0 aromatic heterocycles. The van der Waals surface area contributed by atoms with Crippen LogP contribution in [0.2, 0.25) is 0 Å². The van der Waals surface area contributed by atoms with Crippen molar-refractivity contribution in [1.82, 2.24) is 0 Å². The van der Waals surface area contributed by atoms with Crippen LogP contribution in [0, 0.1) is 11.8 Å². The minimum atomic E-state index is -1.92. The number of hydrogen-bond acceptors (Lipinski definition) is 11. The first-order valence-corrected chi connectivity index (χ1v) is 13.8. The molecule has 0 radical (unpaired) electrons. The molecule has 0 amide bonds. The first kappa shape index (κ1) is 35.5. The van der Waals surface area contributed by atoms with Gasteiger partial charge >= 0.3 is 24.4 Å². The molecule has 3 unspecified atom stereocenters. The van der Waals surface area contributed by atoms with Crippen LogP contribution in [0.1, 0.15) is 80.7 Å². The molecule has 0 bridgehead atoms. The quantitative estimate of drug-likeness (QED) is 0.152. The highest BCUT2D eigenvalue weighted by atomic mass is 16.8. The number of carbonyl (C=O) groups excluding carboxylic acids is 3. The second kappa shape index (κ2) is 16.0. The fraction of sp³-hybridized carbons (Fsp3) is 0.655. The van der Waals surface area contributed by atoms with E-state index in [0.717, 1.165) is 0 Å². The van der Waals surface area contributed by atoms with Crippen LogP contribution in [-0.2, 0) is 30.2 Å². The summed E-state index contributed by atoms with van der Waals surface area (Å²) in [6.45, 7) is 15.6. The monoisotopic (exact) mass is 583 g/mol. The van der Waals surface area contributed by atoms with E-state index in [1.165, 1.54) is 25.1 Å². The SMILES string of the molecule is CCC(C)OC(=O)Oc1ccc(C[C@](N)(C(=O)O)[C@H](C)[C@H](C)OC(=O)OC(C)C(C)C)cc1OC(=O)OC(C)CC. The van der Waals surface area contributed by atoms with Crippen LogP contribution < -0.4 is 15.2 Å². The van der Waals surface area contributed by atoms with Gasteiger partial charge in [0.1, 0.15) is 30.0 Å². The highest BCUT2D eigenvalue weighted by Gasteiger charge is 2.44. The number of nitrogens with two attached hydrogens (primary N) is 1. The minimum absolute atomic E-state index is 0.0608. The van der Waals surface area contributed by atoms with Gasteiger partial charge < -0.3 is 39.3 Å². The lowest BCUT2D eigenvalue weighted by atomic mass is 9.78. The lowest BCUT2D eigenvalue weighted by Crippen LogP contribution is -2.58. The van der Waals surface area contributed by atoms with Gasteiger partial charge in [-0.05, 0) is 64.2 Å². The van der Waals surface area contributed by atoms with E-state index in [2.05, 4.69) is 0 Å². The van der Waals surface area contributed by atoms with Crippen LogP contribution in [-0.4, -0.2) is 59.5 Å². The Hall–Kier alpha value is -3.54. The van der Waals surface area contributed by atoms with Crippen molar-refractivity contribution in [2.75, 3.05) is 0 Å². The maximum atomic E-state index is 12.4. The molecule has 12 heteroatoms. The number of carbonyl (C=O) groups is 4. The zero-order valence-electron chi connectivity index (χ0n) is 25.4. The molecule has 0 aliphatic carbocycles. The molecular formula is C29H45NO11. The predicted molar refractivity (Wildman–Crippen MR) is 149 cm³/mol. The van der Waals surface area contributed by atoms with Crippen molar-refractivity contribution in [3.63, 3.8) is 0 Å². The van der Waals surface area contributed by atoms with Crippen LogP contribution in [0.4, 0.5) is 14.4 Å². The molecule has 41 heavy (non-hydrogen) atoms. The summed E-state index contributed by atoms with van der Waals surface area (Å²) in [5.41, 5.74) is 4.81. The van der Waals surface area contributed by atoms with Crippen LogP contribution in [0.5, 0.6) is 11.5 Å². The third kappa shape index (κ3) is 11.1. The largest absolute Gasteiger partial charge is 0.514 e. The smallest absolute Gasteiger partial charge is 0.480 e. The van der Waals surface area contributed by atoms with E-state index in [9.17, 15) is 24.3 Å². The molecule has 232 valence electrons. The molecule has 0 saturated heterocycles. The number of rotatable bonds is 14. The van der Waals surface area contributed by atoms with Crippen LogP contribution in [0.3, 0.4) is 0 Å². The van der Waals surface area contributed by atoms with E-state index < -0.39 is 60.3 Å². The fourth-order valence-electron chi connectivity index (χ4n) is 3.31. The van der Waals surface area contributed by atoms with Gasteiger partial charge in [0.05, 0.1) is 0 Å². The second-order valence-electron chi connectivity index (χ2n) is 10.6. The molecule has 0 saturated carbocycles. The molecule has 0 heterocycles. The molecule has 0 aliphatic heterocycles. The van der Waals surface area contributed by atoms with Gasteiger partial charge in [-0.25, -0.2) is 14.4 Å². The number of carboxylic acid groups (broad SMARTS) is 1. The maximum absolute atomic E-state index is 12.4. The first-order chi connectivity index (χ1) is 19.0. The third-order valence-corrected chi connectivity index (χ3v) is 7.05. The van der Waals surface area contributed by atoms with Gasteiger partial charge in [-0.2, -0.15) is 0 Å². The number of hydrogen-bond donors (Lipinski definition) is 2. The van der Waals surface area contributed by atoms with Gasteiger partial charge in [0, 0.05) is 12.3 Å².